The SMILES string of the molecule is O=C(NCCN(CCNC(=O)c1cccc(O)c1O)C(=O)C(=O)N(CCNC(=O)c1cccc(O)c1O)CCNC(=O)c1cccc(O)c1O)c1cccc(O)c1O. The Morgan fingerprint density at radius 3 is 0.776 bits per heavy atom. The van der Waals surface area contributed by atoms with Gasteiger partial charge >= 0.3 is 11.8 Å². The van der Waals surface area contributed by atoms with Gasteiger partial charge in [0.1, 0.15) is 0 Å². The molecule has 0 aliphatic carbocycles. The third kappa shape index (κ3) is 10.6. The highest BCUT2D eigenvalue weighted by Crippen LogP contribution is 2.30. The van der Waals surface area contributed by atoms with Crippen LogP contribution in [0.3, 0.4) is 0 Å². The van der Waals surface area contributed by atoms with Crippen molar-refractivity contribution >= 4 is 35.4 Å². The first-order valence-electron chi connectivity index (χ1n) is 17.4. The quantitative estimate of drug-likeness (QED) is 0.0525. The van der Waals surface area contributed by atoms with Crippen LogP contribution in [0.1, 0.15) is 41.4 Å². The van der Waals surface area contributed by atoms with Gasteiger partial charge in [0.25, 0.3) is 23.6 Å². The van der Waals surface area contributed by atoms with Gasteiger partial charge in [-0.15, -0.1) is 0 Å². The number of phenols is 8. The van der Waals surface area contributed by atoms with E-state index in [4.69, 9.17) is 0 Å². The van der Waals surface area contributed by atoms with Gasteiger partial charge in [-0.25, -0.2) is 0 Å². The molecule has 6 amide bonds. The molecule has 20 nitrogen and oxygen atoms in total. The summed E-state index contributed by atoms with van der Waals surface area (Å²) in [4.78, 5) is 80.7. The van der Waals surface area contributed by atoms with Crippen molar-refractivity contribution in [3.05, 3.63) is 95.1 Å². The average Bonchev–Trinajstić information content (AvgIpc) is 3.19. The van der Waals surface area contributed by atoms with Crippen LogP contribution in [0.25, 0.3) is 0 Å². The van der Waals surface area contributed by atoms with Crippen molar-refractivity contribution in [3.8, 4) is 46.0 Å². The van der Waals surface area contributed by atoms with Crippen molar-refractivity contribution in [2.45, 2.75) is 0 Å². The maximum absolute atomic E-state index is 13.8. The fourth-order valence-electron chi connectivity index (χ4n) is 5.36. The van der Waals surface area contributed by atoms with E-state index in [1.807, 2.05) is 0 Å². The van der Waals surface area contributed by atoms with E-state index in [0.717, 1.165) is 34.1 Å². The first-order valence-corrected chi connectivity index (χ1v) is 17.4. The van der Waals surface area contributed by atoms with Gasteiger partial charge in [-0.1, -0.05) is 24.3 Å². The monoisotopic (exact) mass is 804 g/mol. The van der Waals surface area contributed by atoms with Gasteiger partial charge in [-0.05, 0) is 48.5 Å². The molecule has 0 aliphatic rings. The predicted octanol–water partition coefficient (Wildman–Crippen LogP) is 0.00840. The number of nitrogens with one attached hydrogen (secondary N) is 4. The minimum atomic E-state index is -1.18. The molecular weight excluding hydrogens is 764 g/mol. The Morgan fingerprint density at radius 2 is 0.569 bits per heavy atom. The number of carbonyl (C=O) groups is 6. The highest BCUT2D eigenvalue weighted by Gasteiger charge is 2.28. The summed E-state index contributed by atoms with van der Waals surface area (Å²) in [5.74, 6) is -10.8. The number of nitrogens with zero attached hydrogens (tertiary/aromatic N) is 2. The second-order valence-electron chi connectivity index (χ2n) is 12.3. The topological polar surface area (TPSA) is 319 Å². The fourth-order valence-corrected chi connectivity index (χ4v) is 5.36. The number of benzene rings is 4. The molecule has 0 unspecified atom stereocenters. The third-order valence-electron chi connectivity index (χ3n) is 8.46. The summed E-state index contributed by atoms with van der Waals surface area (Å²) in [7, 11) is 0. The number of para-hydroxylation sites is 4. The molecule has 4 rings (SSSR count). The third-order valence-corrected chi connectivity index (χ3v) is 8.46. The van der Waals surface area contributed by atoms with Gasteiger partial charge in [0, 0.05) is 52.4 Å². The number of hydrogen-bond acceptors (Lipinski definition) is 14. The van der Waals surface area contributed by atoms with Crippen molar-refractivity contribution < 1.29 is 69.6 Å². The van der Waals surface area contributed by atoms with Crippen molar-refractivity contribution in [2.24, 2.45) is 0 Å². The van der Waals surface area contributed by atoms with E-state index in [9.17, 15) is 69.6 Å². The Labute approximate surface area is 329 Å². The summed E-state index contributed by atoms with van der Waals surface area (Å²) in [6.45, 7) is -2.73. The minimum absolute atomic E-state index is 0.291. The van der Waals surface area contributed by atoms with E-state index in [2.05, 4.69) is 21.3 Å². The van der Waals surface area contributed by atoms with E-state index in [1.165, 1.54) is 48.5 Å². The number of carbonyl (C=O) groups excluding carboxylic acids is 6. The molecule has 0 aliphatic heterocycles. The molecule has 0 aromatic heterocycles. The Kier molecular flexibility index (Phi) is 14.5. The zero-order valence-electron chi connectivity index (χ0n) is 30.5. The number of phenolic OH excluding ortho intramolecular Hbond substituents is 8. The molecule has 58 heavy (non-hydrogen) atoms. The van der Waals surface area contributed by atoms with Crippen LogP contribution < -0.4 is 21.3 Å². The van der Waals surface area contributed by atoms with Crippen molar-refractivity contribution in [3.63, 3.8) is 0 Å². The van der Waals surface area contributed by atoms with Gasteiger partial charge < -0.3 is 71.9 Å². The number of hydrogen-bond donors (Lipinski definition) is 12. The summed E-state index contributed by atoms with van der Waals surface area (Å²) in [5, 5.41) is 89.3. The smallest absolute Gasteiger partial charge is 0.312 e. The summed E-state index contributed by atoms with van der Waals surface area (Å²) >= 11 is 0. The van der Waals surface area contributed by atoms with Crippen LogP contribution in [0.15, 0.2) is 72.8 Å². The lowest BCUT2D eigenvalue weighted by molar-refractivity contribution is -0.151. The van der Waals surface area contributed by atoms with E-state index >= 15 is 0 Å². The molecule has 0 saturated heterocycles. The van der Waals surface area contributed by atoms with Crippen LogP contribution in [0.2, 0.25) is 0 Å². The van der Waals surface area contributed by atoms with Crippen molar-refractivity contribution in [1.82, 2.24) is 31.1 Å². The lowest BCUT2D eigenvalue weighted by Crippen LogP contribution is -2.52. The average molecular weight is 805 g/mol. The molecule has 4 aromatic rings. The molecular formula is C38H40N6O14. The molecule has 0 atom stereocenters. The van der Waals surface area contributed by atoms with Gasteiger partial charge in [0.15, 0.2) is 46.0 Å². The van der Waals surface area contributed by atoms with E-state index in [1.54, 1.807) is 0 Å². The van der Waals surface area contributed by atoms with Gasteiger partial charge in [0.2, 0.25) is 0 Å². The van der Waals surface area contributed by atoms with Crippen LogP contribution in [0.5, 0.6) is 46.0 Å². The minimum Gasteiger partial charge on any atom is -0.504 e. The zero-order chi connectivity index (χ0) is 42.5. The Hall–Kier alpha value is -7.90. The first-order chi connectivity index (χ1) is 27.6. The lowest BCUT2D eigenvalue weighted by Gasteiger charge is -2.27. The van der Waals surface area contributed by atoms with E-state index < -0.39 is 81.4 Å². The van der Waals surface area contributed by atoms with Crippen molar-refractivity contribution in [2.75, 3.05) is 52.4 Å². The molecule has 0 spiro atoms. The highest BCUT2D eigenvalue weighted by atomic mass is 16.3. The van der Waals surface area contributed by atoms with Crippen LogP contribution >= 0.6 is 0 Å². The molecule has 0 radical (unpaired) electrons. The predicted molar refractivity (Wildman–Crippen MR) is 202 cm³/mol. The highest BCUT2D eigenvalue weighted by molar-refractivity contribution is 6.35. The van der Waals surface area contributed by atoms with Gasteiger partial charge in [-0.3, -0.25) is 28.8 Å². The first kappa shape index (κ1) is 42.8. The Bertz CT molecular complexity index is 1900. The summed E-state index contributed by atoms with van der Waals surface area (Å²) in [6.07, 6.45) is 0. The summed E-state index contributed by atoms with van der Waals surface area (Å²) < 4.78 is 0. The largest absolute Gasteiger partial charge is 0.504 e. The molecule has 0 fully saturated rings. The standard InChI is InChI=1S/C38H40N6O14/c45-25-9-1-5-21(29(25)49)33(53)39-13-17-43(18-14-40-34(54)22-6-2-10-26(46)30(22)50)37(57)38(58)44(19-15-41-35(55)23-7-3-11-27(47)31(23)51)20-16-42-36(56)24-8-4-12-28(48)32(24)52/h1-12,45-52H,13-20H2,(H,39,53)(H,40,54)(H,41,55)(H,42,56). The van der Waals surface area contributed by atoms with Gasteiger partial charge in [0.05, 0.1) is 22.3 Å². The van der Waals surface area contributed by atoms with Crippen LogP contribution in [-0.4, -0.2) is 138 Å². The zero-order valence-corrected chi connectivity index (χ0v) is 30.5. The molecule has 306 valence electrons. The Balaban J connectivity index is 1.52. The number of aromatic hydroxyl groups is 8. The molecule has 0 saturated carbocycles. The maximum Gasteiger partial charge on any atom is 0.312 e. The molecule has 12 N–H and O–H groups in total. The summed E-state index contributed by atoms with van der Waals surface area (Å²) in [5.41, 5.74) is -1.16. The number of rotatable bonds is 16. The number of amides is 6. The second-order valence-corrected chi connectivity index (χ2v) is 12.3. The van der Waals surface area contributed by atoms with Crippen LogP contribution in [0.4, 0.5) is 0 Å². The second kappa shape index (κ2) is 19.6. The molecule has 4 aromatic carbocycles. The lowest BCUT2D eigenvalue weighted by atomic mass is 10.1. The fraction of sp³-hybridized carbons (Fsp3) is 0.211. The van der Waals surface area contributed by atoms with E-state index in [0.29, 0.717) is 0 Å². The Morgan fingerprint density at radius 1 is 0.362 bits per heavy atom. The maximum atomic E-state index is 13.8. The molecule has 20 heteroatoms. The normalized spacial score (nSPS) is 10.6. The van der Waals surface area contributed by atoms with Crippen molar-refractivity contribution in [1.29, 1.82) is 0 Å². The van der Waals surface area contributed by atoms with Crippen LogP contribution in [0, 0.1) is 0 Å². The summed E-state index contributed by atoms with van der Waals surface area (Å²) in [6, 6.07) is 14.7. The van der Waals surface area contributed by atoms with E-state index in [-0.39, 0.29) is 74.6 Å². The van der Waals surface area contributed by atoms with Gasteiger partial charge in [-0.2, -0.15) is 0 Å². The molecule has 0 heterocycles. The molecule has 0 bridgehead atoms. The van der Waals surface area contributed by atoms with Crippen LogP contribution in [-0.2, 0) is 9.59 Å².